The number of aryl methyl sites for hydroxylation is 1. The number of anilines is 1. The van der Waals surface area contributed by atoms with E-state index < -0.39 is 0 Å². The Morgan fingerprint density at radius 2 is 2.11 bits per heavy atom. The maximum Gasteiger partial charge on any atom is 0.126 e. The predicted molar refractivity (Wildman–Crippen MR) is 73.6 cm³/mol. The Hall–Kier alpha value is -1.87. The van der Waals surface area contributed by atoms with Crippen molar-refractivity contribution in [1.29, 1.82) is 0 Å². The van der Waals surface area contributed by atoms with Crippen molar-refractivity contribution in [3.63, 3.8) is 0 Å². The van der Waals surface area contributed by atoms with Crippen LogP contribution in [0.25, 0.3) is 0 Å². The highest BCUT2D eigenvalue weighted by atomic mass is 16.3. The summed E-state index contributed by atoms with van der Waals surface area (Å²) in [6.45, 7) is 2.16. The number of nitrogens with zero attached hydrogens (tertiary/aromatic N) is 1. The van der Waals surface area contributed by atoms with Crippen molar-refractivity contribution in [3.8, 4) is 0 Å². The van der Waals surface area contributed by atoms with Crippen LogP contribution in [0.5, 0.6) is 0 Å². The number of aliphatic hydroxyl groups excluding tert-OH is 1. The fraction of sp³-hybridized carbons (Fsp3) is 0.267. The molecule has 0 saturated carbocycles. The third-order valence-electron chi connectivity index (χ3n) is 2.80. The lowest BCUT2D eigenvalue weighted by Crippen LogP contribution is -2.26. The third kappa shape index (κ3) is 3.57. The molecular weight excluding hydrogens is 224 g/mol. The van der Waals surface area contributed by atoms with Gasteiger partial charge in [-0.15, -0.1) is 0 Å². The standard InChI is InChI=1S/C15H18N2O/c1-12-5-4-6-13(9-12)10-14(11-18)17-15-7-2-3-8-16-15/h2-9,14,18H,10-11H2,1H3,(H,16,17)/t14-/m1/s1. The molecule has 3 nitrogen and oxygen atoms in total. The normalized spacial score (nSPS) is 12.1. The van der Waals surface area contributed by atoms with Crippen molar-refractivity contribution in [2.45, 2.75) is 19.4 Å². The van der Waals surface area contributed by atoms with Crippen molar-refractivity contribution in [3.05, 3.63) is 59.8 Å². The third-order valence-corrected chi connectivity index (χ3v) is 2.80. The number of pyridine rings is 1. The van der Waals surface area contributed by atoms with Gasteiger partial charge in [0.15, 0.2) is 0 Å². The van der Waals surface area contributed by atoms with Crippen molar-refractivity contribution in [1.82, 2.24) is 4.98 Å². The van der Waals surface area contributed by atoms with Crippen LogP contribution in [0.1, 0.15) is 11.1 Å². The summed E-state index contributed by atoms with van der Waals surface area (Å²) in [4.78, 5) is 4.20. The second-order valence-electron chi connectivity index (χ2n) is 4.43. The molecule has 0 saturated heterocycles. The van der Waals surface area contributed by atoms with Crippen LogP contribution in [0, 0.1) is 6.92 Å². The number of hydrogen-bond donors (Lipinski definition) is 2. The van der Waals surface area contributed by atoms with Gasteiger partial charge in [0.1, 0.15) is 5.82 Å². The van der Waals surface area contributed by atoms with Gasteiger partial charge >= 0.3 is 0 Å². The minimum atomic E-state index is -0.0123. The van der Waals surface area contributed by atoms with Gasteiger partial charge in [0.25, 0.3) is 0 Å². The van der Waals surface area contributed by atoms with E-state index in [4.69, 9.17) is 0 Å². The van der Waals surface area contributed by atoms with Crippen LogP contribution in [0.15, 0.2) is 48.7 Å². The minimum absolute atomic E-state index is 0.0123. The molecule has 0 amide bonds. The highest BCUT2D eigenvalue weighted by Gasteiger charge is 2.08. The summed E-state index contributed by atoms with van der Waals surface area (Å²) in [5, 5.41) is 12.7. The number of rotatable bonds is 5. The Balaban J connectivity index is 2.01. The van der Waals surface area contributed by atoms with Crippen LogP contribution in [0.4, 0.5) is 5.82 Å². The summed E-state index contributed by atoms with van der Waals surface area (Å²) >= 11 is 0. The van der Waals surface area contributed by atoms with Crippen molar-refractivity contribution in [2.24, 2.45) is 0 Å². The lowest BCUT2D eigenvalue weighted by molar-refractivity contribution is 0.273. The molecule has 2 rings (SSSR count). The zero-order valence-electron chi connectivity index (χ0n) is 10.5. The molecule has 1 aromatic carbocycles. The molecule has 18 heavy (non-hydrogen) atoms. The topological polar surface area (TPSA) is 45.1 Å². The molecule has 0 aliphatic rings. The zero-order valence-corrected chi connectivity index (χ0v) is 10.5. The highest BCUT2D eigenvalue weighted by molar-refractivity contribution is 5.35. The SMILES string of the molecule is Cc1cccc(C[C@H](CO)Nc2ccccn2)c1. The molecule has 3 heteroatoms. The summed E-state index contributed by atoms with van der Waals surface area (Å²) in [6, 6.07) is 14.0. The van der Waals surface area contributed by atoms with Gasteiger partial charge < -0.3 is 10.4 Å². The van der Waals surface area contributed by atoms with Crippen LogP contribution in [0.3, 0.4) is 0 Å². The first-order valence-corrected chi connectivity index (χ1v) is 6.12. The average Bonchev–Trinajstić information content (AvgIpc) is 2.39. The molecule has 0 radical (unpaired) electrons. The van der Waals surface area contributed by atoms with Crippen molar-refractivity contribution >= 4 is 5.82 Å². The molecule has 0 spiro atoms. The van der Waals surface area contributed by atoms with Crippen LogP contribution in [-0.2, 0) is 6.42 Å². The molecular formula is C15H18N2O. The first kappa shape index (κ1) is 12.6. The lowest BCUT2D eigenvalue weighted by Gasteiger charge is -2.17. The van der Waals surface area contributed by atoms with Gasteiger partial charge in [-0.1, -0.05) is 35.9 Å². The van der Waals surface area contributed by atoms with E-state index in [1.165, 1.54) is 11.1 Å². The van der Waals surface area contributed by atoms with E-state index in [0.29, 0.717) is 0 Å². The minimum Gasteiger partial charge on any atom is -0.394 e. The molecule has 0 unspecified atom stereocenters. The van der Waals surface area contributed by atoms with E-state index >= 15 is 0 Å². The second kappa shape index (κ2) is 6.17. The number of benzene rings is 1. The fourth-order valence-corrected chi connectivity index (χ4v) is 1.94. The van der Waals surface area contributed by atoms with Crippen molar-refractivity contribution in [2.75, 3.05) is 11.9 Å². The van der Waals surface area contributed by atoms with E-state index in [-0.39, 0.29) is 12.6 Å². The van der Waals surface area contributed by atoms with Gasteiger partial charge in [0, 0.05) is 6.20 Å². The maximum absolute atomic E-state index is 9.43. The van der Waals surface area contributed by atoms with Gasteiger partial charge in [-0.25, -0.2) is 4.98 Å². The lowest BCUT2D eigenvalue weighted by atomic mass is 10.0. The first-order valence-electron chi connectivity index (χ1n) is 6.12. The number of aliphatic hydroxyl groups is 1. The van der Waals surface area contributed by atoms with Crippen molar-refractivity contribution < 1.29 is 5.11 Å². The smallest absolute Gasteiger partial charge is 0.126 e. The molecule has 0 fully saturated rings. The Morgan fingerprint density at radius 1 is 1.22 bits per heavy atom. The van der Waals surface area contributed by atoms with E-state index in [0.717, 1.165) is 12.2 Å². The molecule has 1 atom stereocenters. The Morgan fingerprint density at radius 3 is 2.78 bits per heavy atom. The van der Waals surface area contributed by atoms with Gasteiger partial charge in [-0.2, -0.15) is 0 Å². The largest absolute Gasteiger partial charge is 0.394 e. The molecule has 0 aliphatic heterocycles. The first-order chi connectivity index (χ1) is 8.78. The number of aromatic nitrogens is 1. The van der Waals surface area contributed by atoms with Gasteiger partial charge in [-0.05, 0) is 31.0 Å². The van der Waals surface area contributed by atoms with Gasteiger partial charge in [-0.3, -0.25) is 0 Å². The average molecular weight is 242 g/mol. The van der Waals surface area contributed by atoms with Crippen LogP contribution in [0.2, 0.25) is 0 Å². The number of hydrogen-bond acceptors (Lipinski definition) is 3. The van der Waals surface area contributed by atoms with Gasteiger partial charge in [0.05, 0.1) is 12.6 Å². The molecule has 2 N–H and O–H groups in total. The Labute approximate surface area is 108 Å². The highest BCUT2D eigenvalue weighted by Crippen LogP contribution is 2.10. The summed E-state index contributed by atoms with van der Waals surface area (Å²) < 4.78 is 0. The van der Waals surface area contributed by atoms with E-state index in [1.807, 2.05) is 24.3 Å². The molecule has 1 aromatic heterocycles. The van der Waals surface area contributed by atoms with E-state index in [9.17, 15) is 5.11 Å². The summed E-state index contributed by atoms with van der Waals surface area (Å²) in [5.41, 5.74) is 2.46. The monoisotopic (exact) mass is 242 g/mol. The molecule has 1 heterocycles. The molecule has 0 aliphatic carbocycles. The summed E-state index contributed by atoms with van der Waals surface area (Å²) in [7, 11) is 0. The predicted octanol–water partition coefficient (Wildman–Crippen LogP) is 2.41. The fourth-order valence-electron chi connectivity index (χ4n) is 1.94. The van der Waals surface area contributed by atoms with Gasteiger partial charge in [0.2, 0.25) is 0 Å². The van der Waals surface area contributed by atoms with E-state index in [1.54, 1.807) is 6.20 Å². The molecule has 2 aromatic rings. The summed E-state index contributed by atoms with van der Waals surface area (Å²) in [5.74, 6) is 0.796. The van der Waals surface area contributed by atoms with Crippen LogP contribution in [-0.4, -0.2) is 22.7 Å². The molecule has 94 valence electrons. The second-order valence-corrected chi connectivity index (χ2v) is 4.43. The van der Waals surface area contributed by atoms with Crippen LogP contribution >= 0.6 is 0 Å². The zero-order chi connectivity index (χ0) is 12.8. The molecule has 0 bridgehead atoms. The summed E-state index contributed by atoms with van der Waals surface area (Å²) in [6.07, 6.45) is 2.53. The van der Waals surface area contributed by atoms with Crippen LogP contribution < -0.4 is 5.32 Å². The number of nitrogens with one attached hydrogen (secondary N) is 1. The Kier molecular flexibility index (Phi) is 4.31. The van der Waals surface area contributed by atoms with E-state index in [2.05, 4.69) is 35.4 Å². The maximum atomic E-state index is 9.43. The Bertz CT molecular complexity index is 485. The quantitative estimate of drug-likeness (QED) is 0.846.